The molecule has 1 aliphatic heterocycles. The maximum absolute atomic E-state index is 13.0. The smallest absolute Gasteiger partial charge is 0.481 e. The van der Waals surface area contributed by atoms with Gasteiger partial charge in [0, 0.05) is 38.4 Å². The number of hydrogen-bond donors (Lipinski definition) is 3. The average Bonchev–Trinajstić information content (AvgIpc) is 3.32. The first-order chi connectivity index (χ1) is 15.2. The Morgan fingerprint density at radius 2 is 1.73 bits per heavy atom. The highest BCUT2D eigenvalue weighted by molar-refractivity contribution is 5.77. The zero-order chi connectivity index (χ0) is 25.0. The van der Waals surface area contributed by atoms with E-state index in [0.717, 1.165) is 16.2 Å². The number of amides is 2. The van der Waals surface area contributed by atoms with Crippen molar-refractivity contribution in [2.45, 2.75) is 18.8 Å². The largest absolute Gasteiger partial charge is 0.490 e. The van der Waals surface area contributed by atoms with E-state index in [4.69, 9.17) is 15.0 Å². The molecule has 1 fully saturated rings. The molecule has 2 amide bonds. The Kier molecular flexibility index (Phi) is 7.76. The standard InChI is InChI=1S/C16H17F3N4O3.C2HF3O2/c17-16(18,19)12-9-23(8-11(12)14(24)25)15(26)20-5-4-10-7-22-6-2-1-3-13(22)21-10;3-2(4,5)1(6)7/h1-3,6-7,11-12H,4-5,8-9H2,(H,20,26)(H,24,25);(H,6,7)/t11-,12-;/m1./s1. The van der Waals surface area contributed by atoms with E-state index in [1.54, 1.807) is 6.20 Å². The van der Waals surface area contributed by atoms with Gasteiger partial charge >= 0.3 is 30.3 Å². The second kappa shape index (κ2) is 9.95. The molecule has 0 radical (unpaired) electrons. The Balaban J connectivity index is 0.000000479. The van der Waals surface area contributed by atoms with E-state index in [9.17, 15) is 35.9 Å². The third-order valence-corrected chi connectivity index (χ3v) is 4.66. The summed E-state index contributed by atoms with van der Waals surface area (Å²) >= 11 is 0. The highest BCUT2D eigenvalue weighted by Gasteiger charge is 2.53. The number of alkyl halides is 6. The number of imidazole rings is 1. The Morgan fingerprint density at radius 3 is 2.21 bits per heavy atom. The molecule has 0 bridgehead atoms. The monoisotopic (exact) mass is 484 g/mol. The summed E-state index contributed by atoms with van der Waals surface area (Å²) in [5.41, 5.74) is 1.49. The second-order valence-electron chi connectivity index (χ2n) is 6.98. The van der Waals surface area contributed by atoms with Crippen LogP contribution in [0.5, 0.6) is 0 Å². The Morgan fingerprint density at radius 1 is 1.09 bits per heavy atom. The van der Waals surface area contributed by atoms with Crippen LogP contribution in [0, 0.1) is 11.8 Å². The van der Waals surface area contributed by atoms with E-state index >= 15 is 0 Å². The maximum Gasteiger partial charge on any atom is 0.490 e. The lowest BCUT2D eigenvalue weighted by molar-refractivity contribution is -0.192. The summed E-state index contributed by atoms with van der Waals surface area (Å²) in [6, 6.07) is 4.82. The van der Waals surface area contributed by atoms with Crippen molar-refractivity contribution in [2.75, 3.05) is 19.6 Å². The van der Waals surface area contributed by atoms with Crippen LogP contribution in [0.2, 0.25) is 0 Å². The molecule has 3 rings (SSSR count). The van der Waals surface area contributed by atoms with Crippen molar-refractivity contribution in [2.24, 2.45) is 11.8 Å². The van der Waals surface area contributed by atoms with Gasteiger partial charge in [-0.1, -0.05) is 6.07 Å². The molecule has 2 aromatic rings. The number of rotatable bonds is 4. The third-order valence-electron chi connectivity index (χ3n) is 4.66. The molecule has 182 valence electrons. The summed E-state index contributed by atoms with van der Waals surface area (Å²) < 4.78 is 72.4. The maximum atomic E-state index is 13.0. The summed E-state index contributed by atoms with van der Waals surface area (Å²) in [6.07, 6.45) is -5.70. The van der Waals surface area contributed by atoms with Crippen LogP contribution in [0.15, 0.2) is 30.6 Å². The van der Waals surface area contributed by atoms with Gasteiger partial charge in [-0.25, -0.2) is 14.6 Å². The zero-order valence-electron chi connectivity index (χ0n) is 16.6. The average molecular weight is 484 g/mol. The van der Waals surface area contributed by atoms with E-state index in [1.807, 2.05) is 28.8 Å². The Hall–Kier alpha value is -3.52. The number of carboxylic acid groups (broad SMARTS) is 2. The molecule has 0 saturated carbocycles. The number of hydrogen-bond acceptors (Lipinski definition) is 4. The molecule has 0 unspecified atom stereocenters. The van der Waals surface area contributed by atoms with Crippen LogP contribution in [-0.4, -0.2) is 74.5 Å². The van der Waals surface area contributed by atoms with Gasteiger partial charge in [-0.15, -0.1) is 0 Å². The normalized spacial score (nSPS) is 18.5. The van der Waals surface area contributed by atoms with Crippen molar-refractivity contribution < 1.29 is 50.9 Å². The number of nitrogens with one attached hydrogen (secondary N) is 1. The minimum Gasteiger partial charge on any atom is -0.481 e. The van der Waals surface area contributed by atoms with Gasteiger partial charge in [-0.3, -0.25) is 4.79 Å². The number of carboxylic acids is 2. The fourth-order valence-electron chi connectivity index (χ4n) is 3.07. The molecule has 0 aromatic carbocycles. The molecule has 33 heavy (non-hydrogen) atoms. The summed E-state index contributed by atoms with van der Waals surface area (Å²) in [5.74, 6) is -8.00. The molecular formula is C18H18F6N4O5. The quantitative estimate of drug-likeness (QED) is 0.573. The van der Waals surface area contributed by atoms with Crippen LogP contribution < -0.4 is 5.32 Å². The van der Waals surface area contributed by atoms with Gasteiger partial charge in [-0.05, 0) is 12.1 Å². The van der Waals surface area contributed by atoms with Crippen LogP contribution >= 0.6 is 0 Å². The number of carbonyl (C=O) groups excluding carboxylic acids is 1. The van der Waals surface area contributed by atoms with Crippen molar-refractivity contribution in [3.8, 4) is 0 Å². The molecule has 15 heteroatoms. The number of aromatic nitrogens is 2. The van der Waals surface area contributed by atoms with E-state index < -0.39 is 55.2 Å². The minimum atomic E-state index is -5.08. The number of aliphatic carboxylic acids is 2. The predicted molar refractivity (Wildman–Crippen MR) is 98.2 cm³/mol. The minimum absolute atomic E-state index is 0.188. The van der Waals surface area contributed by atoms with Crippen LogP contribution in [-0.2, 0) is 16.0 Å². The van der Waals surface area contributed by atoms with Crippen molar-refractivity contribution >= 4 is 23.6 Å². The van der Waals surface area contributed by atoms with E-state index in [-0.39, 0.29) is 6.54 Å². The number of nitrogens with zero attached hydrogens (tertiary/aromatic N) is 3. The topological polar surface area (TPSA) is 124 Å². The number of halogens is 6. The lowest BCUT2D eigenvalue weighted by Crippen LogP contribution is -2.40. The zero-order valence-corrected chi connectivity index (χ0v) is 16.6. The van der Waals surface area contributed by atoms with Crippen LogP contribution in [0.3, 0.4) is 0 Å². The Bertz CT molecular complexity index is 973. The molecule has 0 spiro atoms. The van der Waals surface area contributed by atoms with Crippen LogP contribution in [0.4, 0.5) is 31.1 Å². The molecule has 3 heterocycles. The fraction of sp³-hybridized carbons (Fsp3) is 0.444. The number of likely N-dealkylation sites (tertiary alicyclic amines) is 1. The van der Waals surface area contributed by atoms with Gasteiger partial charge < -0.3 is 24.8 Å². The molecule has 9 nitrogen and oxygen atoms in total. The van der Waals surface area contributed by atoms with Crippen LogP contribution in [0.25, 0.3) is 5.65 Å². The second-order valence-corrected chi connectivity index (χ2v) is 6.98. The lowest BCUT2D eigenvalue weighted by Gasteiger charge is -2.18. The SMILES string of the molecule is O=C(O)C(F)(F)F.O=C(O)[C@@H]1CN(C(=O)NCCc2cn3ccccc3n2)C[C@H]1C(F)(F)F. The highest BCUT2D eigenvalue weighted by Crippen LogP contribution is 2.37. The summed E-state index contributed by atoms with van der Waals surface area (Å²) in [4.78, 5) is 37.3. The molecule has 1 aliphatic rings. The predicted octanol–water partition coefficient (Wildman–Crippen LogP) is 2.41. The van der Waals surface area contributed by atoms with Crippen molar-refractivity contribution in [1.29, 1.82) is 0 Å². The first-order valence-corrected chi connectivity index (χ1v) is 9.25. The van der Waals surface area contributed by atoms with Gasteiger partial charge in [0.2, 0.25) is 0 Å². The van der Waals surface area contributed by atoms with E-state index in [2.05, 4.69) is 10.3 Å². The van der Waals surface area contributed by atoms with Gasteiger partial charge in [0.15, 0.2) is 0 Å². The van der Waals surface area contributed by atoms with Crippen molar-refractivity contribution in [3.05, 3.63) is 36.3 Å². The molecule has 2 aromatic heterocycles. The first-order valence-electron chi connectivity index (χ1n) is 9.25. The molecule has 3 N–H and O–H groups in total. The van der Waals surface area contributed by atoms with Gasteiger partial charge in [0.1, 0.15) is 5.65 Å². The summed E-state index contributed by atoms with van der Waals surface area (Å²) in [6.45, 7) is -0.923. The summed E-state index contributed by atoms with van der Waals surface area (Å²) in [5, 5.41) is 18.6. The van der Waals surface area contributed by atoms with E-state index in [0.29, 0.717) is 6.42 Å². The molecule has 2 atom stereocenters. The van der Waals surface area contributed by atoms with Gasteiger partial charge in [0.05, 0.1) is 17.5 Å². The van der Waals surface area contributed by atoms with Gasteiger partial charge in [-0.2, -0.15) is 26.3 Å². The number of fused-ring (bicyclic) bond motifs is 1. The fourth-order valence-corrected chi connectivity index (χ4v) is 3.07. The molecular weight excluding hydrogens is 466 g/mol. The summed E-state index contributed by atoms with van der Waals surface area (Å²) in [7, 11) is 0. The molecule has 0 aliphatic carbocycles. The highest BCUT2D eigenvalue weighted by atomic mass is 19.4. The van der Waals surface area contributed by atoms with E-state index in [1.165, 1.54) is 0 Å². The number of pyridine rings is 1. The Labute approximate surface area is 181 Å². The molecule has 1 saturated heterocycles. The number of carbonyl (C=O) groups is 3. The van der Waals surface area contributed by atoms with Crippen molar-refractivity contribution in [3.63, 3.8) is 0 Å². The lowest BCUT2D eigenvalue weighted by atomic mass is 9.96. The number of urea groups is 1. The van der Waals surface area contributed by atoms with Crippen LogP contribution in [0.1, 0.15) is 5.69 Å². The third kappa shape index (κ3) is 6.98. The van der Waals surface area contributed by atoms with Gasteiger partial charge in [0.25, 0.3) is 0 Å². The first kappa shape index (κ1) is 25.7. The van der Waals surface area contributed by atoms with Crippen molar-refractivity contribution in [1.82, 2.24) is 19.6 Å².